The Kier molecular flexibility index (Phi) is 3.62. The Morgan fingerprint density at radius 1 is 1.47 bits per heavy atom. The van der Waals surface area contributed by atoms with Crippen LogP contribution in [0, 0.1) is 11.3 Å². The molecule has 0 bridgehead atoms. The van der Waals surface area contributed by atoms with E-state index in [9.17, 15) is 13.2 Å². The van der Waals surface area contributed by atoms with Crippen LogP contribution in [0.2, 0.25) is 0 Å². The Morgan fingerprint density at radius 3 is 2.80 bits per heavy atom. The van der Waals surface area contributed by atoms with Gasteiger partial charge in [-0.1, -0.05) is 0 Å². The van der Waals surface area contributed by atoms with Crippen LogP contribution in [0.3, 0.4) is 0 Å². The summed E-state index contributed by atoms with van der Waals surface area (Å²) in [5, 5.41) is 14.3. The summed E-state index contributed by atoms with van der Waals surface area (Å²) in [5.41, 5.74) is 0. The minimum atomic E-state index is -4.35. The Bertz CT molecular complexity index is 354. The van der Waals surface area contributed by atoms with Gasteiger partial charge in [-0.05, 0) is 0 Å². The summed E-state index contributed by atoms with van der Waals surface area (Å²) in [5.74, 6) is 0.410. The molecule has 1 N–H and O–H groups in total. The standard InChI is InChI=1S/C7H7F3N4O/c8-7(9,10)4-15-3-6-12-5(1-2-11)13-14-6/h1,3-4H2,(H,12,13,14). The van der Waals surface area contributed by atoms with E-state index in [-0.39, 0.29) is 24.7 Å². The van der Waals surface area contributed by atoms with Crippen molar-refractivity contribution in [3.8, 4) is 6.07 Å². The zero-order valence-electron chi connectivity index (χ0n) is 7.51. The van der Waals surface area contributed by atoms with E-state index in [4.69, 9.17) is 5.26 Å². The van der Waals surface area contributed by atoms with Gasteiger partial charge in [-0.15, -0.1) is 0 Å². The summed E-state index contributed by atoms with van der Waals surface area (Å²) < 4.78 is 39.3. The summed E-state index contributed by atoms with van der Waals surface area (Å²) in [4.78, 5) is 3.74. The third-order valence-electron chi connectivity index (χ3n) is 1.32. The van der Waals surface area contributed by atoms with Crippen LogP contribution in [0.15, 0.2) is 0 Å². The molecule has 0 aliphatic carbocycles. The number of nitriles is 1. The predicted octanol–water partition coefficient (Wildman–Crippen LogP) is 0.950. The van der Waals surface area contributed by atoms with Crippen LogP contribution >= 0.6 is 0 Å². The number of nitrogens with zero attached hydrogens (tertiary/aromatic N) is 3. The van der Waals surface area contributed by atoms with Crippen LogP contribution in [-0.4, -0.2) is 28.0 Å². The van der Waals surface area contributed by atoms with Crippen molar-refractivity contribution < 1.29 is 17.9 Å². The fourth-order valence-electron chi connectivity index (χ4n) is 0.813. The molecule has 0 radical (unpaired) electrons. The van der Waals surface area contributed by atoms with Crippen molar-refractivity contribution in [3.63, 3.8) is 0 Å². The number of nitrogens with one attached hydrogen (secondary N) is 1. The lowest BCUT2D eigenvalue weighted by atomic mass is 10.4. The highest BCUT2D eigenvalue weighted by Crippen LogP contribution is 2.14. The Hall–Kier alpha value is -1.62. The van der Waals surface area contributed by atoms with E-state index in [1.165, 1.54) is 0 Å². The molecule has 8 heteroatoms. The highest BCUT2D eigenvalue weighted by molar-refractivity contribution is 4.95. The molecule has 0 fully saturated rings. The van der Waals surface area contributed by atoms with Gasteiger partial charge < -0.3 is 4.74 Å². The normalized spacial score (nSPS) is 11.3. The molecule has 0 saturated carbocycles. The van der Waals surface area contributed by atoms with E-state index >= 15 is 0 Å². The minimum Gasteiger partial charge on any atom is -0.364 e. The number of hydrogen-bond acceptors (Lipinski definition) is 4. The second-order valence-corrected chi connectivity index (χ2v) is 2.64. The first kappa shape index (κ1) is 11.5. The number of rotatable bonds is 4. The van der Waals surface area contributed by atoms with Crippen LogP contribution in [0.25, 0.3) is 0 Å². The molecule has 0 saturated heterocycles. The van der Waals surface area contributed by atoms with Gasteiger partial charge in [0.05, 0.1) is 12.5 Å². The van der Waals surface area contributed by atoms with E-state index in [0.717, 1.165) is 0 Å². The highest BCUT2D eigenvalue weighted by Gasteiger charge is 2.27. The van der Waals surface area contributed by atoms with Crippen LogP contribution in [0.4, 0.5) is 13.2 Å². The summed E-state index contributed by atoms with van der Waals surface area (Å²) in [7, 11) is 0. The molecule has 0 atom stereocenters. The van der Waals surface area contributed by atoms with Crippen LogP contribution in [-0.2, 0) is 17.8 Å². The van der Waals surface area contributed by atoms with Gasteiger partial charge in [0.1, 0.15) is 13.2 Å². The molecule has 5 nitrogen and oxygen atoms in total. The van der Waals surface area contributed by atoms with Crippen LogP contribution in [0.1, 0.15) is 11.6 Å². The van der Waals surface area contributed by atoms with E-state index in [0.29, 0.717) is 0 Å². The number of H-pyrrole nitrogens is 1. The molecule has 1 aromatic heterocycles. The second kappa shape index (κ2) is 4.75. The van der Waals surface area contributed by atoms with Crippen molar-refractivity contribution >= 4 is 0 Å². The molecule has 0 aliphatic heterocycles. The minimum absolute atomic E-state index is 0.00969. The molecular formula is C7H7F3N4O. The highest BCUT2D eigenvalue weighted by atomic mass is 19.4. The average Bonchev–Trinajstić information content (AvgIpc) is 2.51. The van der Waals surface area contributed by atoms with Crippen molar-refractivity contribution in [2.24, 2.45) is 0 Å². The lowest BCUT2D eigenvalue weighted by molar-refractivity contribution is -0.177. The Labute approximate surface area is 82.9 Å². The Balaban J connectivity index is 2.35. The molecule has 1 rings (SSSR count). The molecule has 82 valence electrons. The molecule has 15 heavy (non-hydrogen) atoms. The van der Waals surface area contributed by atoms with Gasteiger partial charge in [0, 0.05) is 0 Å². The van der Waals surface area contributed by atoms with Crippen molar-refractivity contribution in [3.05, 3.63) is 11.6 Å². The van der Waals surface area contributed by atoms with Gasteiger partial charge >= 0.3 is 6.18 Å². The number of alkyl halides is 3. The summed E-state index contributed by atoms with van der Waals surface area (Å²) in [6.45, 7) is -1.64. The van der Waals surface area contributed by atoms with Crippen molar-refractivity contribution in [1.29, 1.82) is 5.26 Å². The van der Waals surface area contributed by atoms with Crippen molar-refractivity contribution in [1.82, 2.24) is 15.2 Å². The smallest absolute Gasteiger partial charge is 0.364 e. The summed E-state index contributed by atoms with van der Waals surface area (Å²) in [6, 6.07) is 1.81. The molecule has 0 aromatic carbocycles. The first-order chi connectivity index (χ1) is 7.01. The molecular weight excluding hydrogens is 213 g/mol. The third-order valence-corrected chi connectivity index (χ3v) is 1.32. The average molecular weight is 220 g/mol. The predicted molar refractivity (Wildman–Crippen MR) is 41.4 cm³/mol. The van der Waals surface area contributed by atoms with E-state index < -0.39 is 12.8 Å². The van der Waals surface area contributed by atoms with Crippen LogP contribution < -0.4 is 0 Å². The number of hydrogen-bond donors (Lipinski definition) is 1. The number of aromatic nitrogens is 3. The lowest BCUT2D eigenvalue weighted by Crippen LogP contribution is -2.17. The fraction of sp³-hybridized carbons (Fsp3) is 0.571. The van der Waals surface area contributed by atoms with Crippen LogP contribution in [0.5, 0.6) is 0 Å². The van der Waals surface area contributed by atoms with Gasteiger partial charge in [-0.3, -0.25) is 5.10 Å². The third kappa shape index (κ3) is 4.42. The van der Waals surface area contributed by atoms with Crippen molar-refractivity contribution in [2.75, 3.05) is 6.61 Å². The molecule has 0 aliphatic rings. The monoisotopic (exact) mass is 220 g/mol. The van der Waals surface area contributed by atoms with Gasteiger partial charge in [0.2, 0.25) is 0 Å². The molecule has 1 heterocycles. The maximum absolute atomic E-state index is 11.7. The fourth-order valence-corrected chi connectivity index (χ4v) is 0.813. The quantitative estimate of drug-likeness (QED) is 0.819. The van der Waals surface area contributed by atoms with Crippen molar-refractivity contribution in [2.45, 2.75) is 19.2 Å². The van der Waals surface area contributed by atoms with Gasteiger partial charge in [-0.2, -0.15) is 23.5 Å². The molecule has 0 unspecified atom stereocenters. The zero-order valence-corrected chi connectivity index (χ0v) is 7.51. The van der Waals surface area contributed by atoms with E-state index in [1.54, 1.807) is 0 Å². The number of halogens is 3. The van der Waals surface area contributed by atoms with E-state index in [1.807, 2.05) is 6.07 Å². The van der Waals surface area contributed by atoms with Gasteiger partial charge in [0.25, 0.3) is 0 Å². The van der Waals surface area contributed by atoms with Gasteiger partial charge in [-0.25, -0.2) is 4.98 Å². The number of aromatic amines is 1. The molecule has 0 spiro atoms. The first-order valence-electron chi connectivity index (χ1n) is 3.93. The second-order valence-electron chi connectivity index (χ2n) is 2.64. The maximum atomic E-state index is 11.7. The summed E-state index contributed by atoms with van der Waals surface area (Å²) in [6.07, 6.45) is -4.34. The number of ether oxygens (including phenoxy) is 1. The topological polar surface area (TPSA) is 74.6 Å². The SMILES string of the molecule is N#CCc1n[nH]c(COCC(F)(F)F)n1. The van der Waals surface area contributed by atoms with E-state index in [2.05, 4.69) is 19.9 Å². The first-order valence-corrected chi connectivity index (χ1v) is 3.93. The lowest BCUT2D eigenvalue weighted by Gasteiger charge is -2.05. The Morgan fingerprint density at radius 2 is 2.20 bits per heavy atom. The zero-order chi connectivity index (χ0) is 11.3. The largest absolute Gasteiger partial charge is 0.411 e. The summed E-state index contributed by atoms with van der Waals surface area (Å²) >= 11 is 0. The van der Waals surface area contributed by atoms with Gasteiger partial charge in [0.15, 0.2) is 11.6 Å². The maximum Gasteiger partial charge on any atom is 0.411 e. The molecule has 1 aromatic rings. The molecule has 0 amide bonds.